The van der Waals surface area contributed by atoms with Crippen molar-refractivity contribution >= 4 is 17.6 Å². The van der Waals surface area contributed by atoms with E-state index in [1.54, 1.807) is 18.2 Å². The van der Waals surface area contributed by atoms with E-state index in [4.69, 9.17) is 9.84 Å². The van der Waals surface area contributed by atoms with Crippen LogP contribution in [0.4, 0.5) is 5.69 Å². The van der Waals surface area contributed by atoms with Crippen LogP contribution in [-0.4, -0.2) is 60.7 Å². The minimum atomic E-state index is -1.01. The summed E-state index contributed by atoms with van der Waals surface area (Å²) in [6, 6.07) is 5.87. The zero-order valence-electron chi connectivity index (χ0n) is 15.9. The average Bonchev–Trinajstić information content (AvgIpc) is 2.69. The summed E-state index contributed by atoms with van der Waals surface area (Å²) in [5.74, 6) is -0.406. The first-order valence-corrected chi connectivity index (χ1v) is 9.74. The van der Waals surface area contributed by atoms with Crippen LogP contribution in [0.25, 0.3) is 0 Å². The highest BCUT2D eigenvalue weighted by molar-refractivity contribution is 5.93. The maximum Gasteiger partial charge on any atom is 0.341 e. The quantitative estimate of drug-likeness (QED) is 0.703. The molecule has 0 radical (unpaired) electrons. The number of aryl methyl sites for hydroxylation is 1. The van der Waals surface area contributed by atoms with Gasteiger partial charge in [-0.25, -0.2) is 4.79 Å². The van der Waals surface area contributed by atoms with Gasteiger partial charge >= 0.3 is 5.97 Å². The predicted molar refractivity (Wildman–Crippen MR) is 103 cm³/mol. The van der Waals surface area contributed by atoms with Crippen molar-refractivity contribution < 1.29 is 19.4 Å². The summed E-state index contributed by atoms with van der Waals surface area (Å²) in [5.41, 5.74) is 1.61. The second-order valence-electron chi connectivity index (χ2n) is 7.44. The summed E-state index contributed by atoms with van der Waals surface area (Å²) in [5, 5.41) is 15.1. The van der Waals surface area contributed by atoms with Gasteiger partial charge in [-0.15, -0.1) is 0 Å². The van der Waals surface area contributed by atoms with Crippen LogP contribution in [0, 0.1) is 12.8 Å². The molecular formula is C20H29N3O4. The molecule has 2 saturated heterocycles. The Kier molecular flexibility index (Phi) is 6.68. The highest BCUT2D eigenvalue weighted by atomic mass is 16.5. The number of nitrogens with zero attached hydrogens (tertiary/aromatic N) is 1. The number of amides is 1. The van der Waals surface area contributed by atoms with Crippen molar-refractivity contribution in [1.29, 1.82) is 0 Å². The second kappa shape index (κ2) is 9.19. The summed E-state index contributed by atoms with van der Waals surface area (Å²) in [6.45, 7) is 5.67. The highest BCUT2D eigenvalue weighted by Crippen LogP contribution is 2.26. The van der Waals surface area contributed by atoms with E-state index in [2.05, 4.69) is 15.5 Å². The zero-order chi connectivity index (χ0) is 19.2. The molecule has 148 valence electrons. The number of hydrogen-bond acceptors (Lipinski definition) is 5. The second-order valence-corrected chi connectivity index (χ2v) is 7.44. The predicted octanol–water partition coefficient (Wildman–Crippen LogP) is 1.86. The lowest BCUT2D eigenvalue weighted by atomic mass is 9.93. The van der Waals surface area contributed by atoms with Crippen molar-refractivity contribution in [3.8, 4) is 5.75 Å². The number of benzene rings is 1. The number of likely N-dealkylation sites (tertiary alicyclic amines) is 1. The third kappa shape index (κ3) is 5.43. The summed E-state index contributed by atoms with van der Waals surface area (Å²) in [6.07, 6.45) is 4.20. The molecule has 0 aliphatic carbocycles. The molecule has 3 N–H and O–H groups in total. The SMILES string of the molecule is Cc1cc(OCC(=O)O)ccc1NC(=O)C1CCN(C2CCNCC2)CC1. The first-order chi connectivity index (χ1) is 13.0. The molecule has 0 atom stereocenters. The van der Waals surface area contributed by atoms with E-state index in [0.717, 1.165) is 50.3 Å². The molecular weight excluding hydrogens is 346 g/mol. The number of nitrogens with one attached hydrogen (secondary N) is 2. The van der Waals surface area contributed by atoms with E-state index in [-0.39, 0.29) is 18.4 Å². The van der Waals surface area contributed by atoms with Crippen molar-refractivity contribution in [1.82, 2.24) is 10.2 Å². The van der Waals surface area contributed by atoms with Crippen LogP contribution in [0.3, 0.4) is 0 Å². The smallest absolute Gasteiger partial charge is 0.341 e. The van der Waals surface area contributed by atoms with Crippen LogP contribution in [0.15, 0.2) is 18.2 Å². The number of carboxylic acid groups (broad SMARTS) is 1. The number of rotatable bonds is 6. The molecule has 7 nitrogen and oxygen atoms in total. The molecule has 7 heteroatoms. The minimum Gasteiger partial charge on any atom is -0.482 e. The van der Waals surface area contributed by atoms with E-state index >= 15 is 0 Å². The summed E-state index contributed by atoms with van der Waals surface area (Å²) >= 11 is 0. The third-order valence-electron chi connectivity index (χ3n) is 5.54. The number of anilines is 1. The van der Waals surface area contributed by atoms with E-state index in [1.165, 1.54) is 12.8 Å². The molecule has 0 unspecified atom stereocenters. The van der Waals surface area contributed by atoms with Crippen LogP contribution < -0.4 is 15.4 Å². The molecule has 1 aromatic rings. The normalized spacial score (nSPS) is 19.6. The molecule has 1 aromatic carbocycles. The number of carbonyl (C=O) groups excluding carboxylic acids is 1. The molecule has 2 heterocycles. The molecule has 0 spiro atoms. The fourth-order valence-electron chi connectivity index (χ4n) is 3.94. The van der Waals surface area contributed by atoms with Crippen molar-refractivity contribution in [2.75, 3.05) is 38.1 Å². The van der Waals surface area contributed by atoms with Gasteiger partial charge in [-0.3, -0.25) is 4.79 Å². The summed E-state index contributed by atoms with van der Waals surface area (Å²) in [7, 11) is 0. The van der Waals surface area contributed by atoms with Crippen LogP contribution in [-0.2, 0) is 9.59 Å². The number of ether oxygens (including phenoxy) is 1. The molecule has 0 bridgehead atoms. The van der Waals surface area contributed by atoms with Gasteiger partial charge in [0.15, 0.2) is 6.61 Å². The molecule has 2 fully saturated rings. The fraction of sp³-hybridized carbons (Fsp3) is 0.600. The lowest BCUT2D eigenvalue weighted by Crippen LogP contribution is -2.47. The highest BCUT2D eigenvalue weighted by Gasteiger charge is 2.29. The molecule has 27 heavy (non-hydrogen) atoms. The Morgan fingerprint density at radius 1 is 1.22 bits per heavy atom. The number of piperidine rings is 2. The van der Waals surface area contributed by atoms with Gasteiger partial charge in [0.25, 0.3) is 0 Å². The first kappa shape index (κ1) is 19.6. The zero-order valence-corrected chi connectivity index (χ0v) is 15.9. The van der Waals surface area contributed by atoms with Gasteiger partial charge < -0.3 is 25.4 Å². The van der Waals surface area contributed by atoms with E-state index in [0.29, 0.717) is 11.8 Å². The third-order valence-corrected chi connectivity index (χ3v) is 5.54. The average molecular weight is 375 g/mol. The van der Waals surface area contributed by atoms with Crippen LogP contribution in [0.1, 0.15) is 31.2 Å². The molecule has 3 rings (SSSR count). The Labute approximate surface area is 160 Å². The summed E-state index contributed by atoms with van der Waals surface area (Å²) in [4.78, 5) is 25.8. The van der Waals surface area contributed by atoms with Gasteiger partial charge in [0.2, 0.25) is 5.91 Å². The van der Waals surface area contributed by atoms with Gasteiger partial charge in [0, 0.05) is 17.6 Å². The Morgan fingerprint density at radius 3 is 2.56 bits per heavy atom. The number of aliphatic carboxylic acids is 1. The fourth-order valence-corrected chi connectivity index (χ4v) is 3.94. The lowest BCUT2D eigenvalue weighted by Gasteiger charge is -2.39. The molecule has 2 aliphatic rings. The number of hydrogen-bond donors (Lipinski definition) is 3. The first-order valence-electron chi connectivity index (χ1n) is 9.74. The van der Waals surface area contributed by atoms with Gasteiger partial charge in [-0.1, -0.05) is 0 Å². The Balaban J connectivity index is 1.49. The molecule has 0 aromatic heterocycles. The summed E-state index contributed by atoms with van der Waals surface area (Å²) < 4.78 is 5.17. The van der Waals surface area contributed by atoms with Crippen molar-refractivity contribution in [3.05, 3.63) is 23.8 Å². The topological polar surface area (TPSA) is 90.9 Å². The largest absolute Gasteiger partial charge is 0.482 e. The van der Waals surface area contributed by atoms with Crippen molar-refractivity contribution in [3.63, 3.8) is 0 Å². The van der Waals surface area contributed by atoms with Gasteiger partial charge in [-0.2, -0.15) is 0 Å². The standard InChI is InChI=1S/C20H29N3O4/c1-14-12-17(27-13-19(24)25)2-3-18(14)22-20(26)15-6-10-23(11-7-15)16-4-8-21-9-5-16/h2-3,12,15-16,21H,4-11,13H2,1H3,(H,22,26)(H,24,25). The van der Waals surface area contributed by atoms with Crippen LogP contribution >= 0.6 is 0 Å². The van der Waals surface area contributed by atoms with Crippen LogP contribution in [0.5, 0.6) is 5.75 Å². The van der Waals surface area contributed by atoms with Gasteiger partial charge in [-0.05, 0) is 82.5 Å². The minimum absolute atomic E-state index is 0.0466. The maximum absolute atomic E-state index is 12.7. The molecule has 1 amide bonds. The number of carbonyl (C=O) groups is 2. The number of carboxylic acids is 1. The van der Waals surface area contributed by atoms with E-state index in [1.807, 2.05) is 6.92 Å². The Hall–Kier alpha value is -2.12. The van der Waals surface area contributed by atoms with Crippen molar-refractivity contribution in [2.24, 2.45) is 5.92 Å². The monoisotopic (exact) mass is 375 g/mol. The Morgan fingerprint density at radius 2 is 1.93 bits per heavy atom. The van der Waals surface area contributed by atoms with Gasteiger partial charge in [0.05, 0.1) is 0 Å². The molecule has 2 aliphatic heterocycles. The van der Waals surface area contributed by atoms with Crippen LogP contribution in [0.2, 0.25) is 0 Å². The van der Waals surface area contributed by atoms with E-state index in [9.17, 15) is 9.59 Å². The van der Waals surface area contributed by atoms with Crippen molar-refractivity contribution in [2.45, 2.75) is 38.6 Å². The molecule has 0 saturated carbocycles. The van der Waals surface area contributed by atoms with Gasteiger partial charge in [0.1, 0.15) is 5.75 Å². The maximum atomic E-state index is 12.7. The Bertz CT molecular complexity index is 665. The lowest BCUT2D eigenvalue weighted by molar-refractivity contribution is -0.139. The van der Waals surface area contributed by atoms with E-state index < -0.39 is 5.97 Å².